The van der Waals surface area contributed by atoms with Crippen LogP contribution in [0.3, 0.4) is 0 Å². The van der Waals surface area contributed by atoms with Gasteiger partial charge in [0, 0.05) is 5.69 Å². The molecule has 1 aliphatic rings. The van der Waals surface area contributed by atoms with E-state index in [9.17, 15) is 9.59 Å². The Hall–Kier alpha value is -2.83. The Morgan fingerprint density at radius 2 is 1.72 bits per heavy atom. The molecular weight excluding hydrogens is 390 g/mol. The number of nitrogens with one attached hydrogen (secondary N) is 2. The fourth-order valence-corrected chi connectivity index (χ4v) is 3.21. The number of halogens is 1. The fourth-order valence-electron chi connectivity index (χ4n) is 3.21. The highest BCUT2D eigenvalue weighted by Crippen LogP contribution is 2.38. The first kappa shape index (κ1) is 22.5. The molecule has 2 N–H and O–H groups in total. The molecule has 0 spiro atoms. The summed E-state index contributed by atoms with van der Waals surface area (Å²) in [6.45, 7) is 6.56. The van der Waals surface area contributed by atoms with E-state index in [2.05, 4.69) is 10.6 Å². The molecule has 29 heavy (non-hydrogen) atoms. The molecule has 2 amide bonds. The molecule has 2 aromatic carbocycles. The van der Waals surface area contributed by atoms with Gasteiger partial charge in [0.25, 0.3) is 0 Å². The second kappa shape index (κ2) is 10.1. The molecule has 0 aromatic heterocycles. The average Bonchev–Trinajstić information content (AvgIpc) is 2.84. The summed E-state index contributed by atoms with van der Waals surface area (Å²) < 4.78 is 4.96. The number of hydrogen-bond acceptors (Lipinski definition) is 4. The minimum atomic E-state index is -0.522. The molecule has 1 heterocycles. The Labute approximate surface area is 177 Å². The van der Waals surface area contributed by atoms with Gasteiger partial charge in [-0.15, -0.1) is 12.4 Å². The number of carbonyl (C=O) groups excluding carboxylic acids is 2. The van der Waals surface area contributed by atoms with Gasteiger partial charge in [-0.05, 0) is 49.7 Å². The van der Waals surface area contributed by atoms with E-state index in [0.717, 1.165) is 16.8 Å². The van der Waals surface area contributed by atoms with Gasteiger partial charge in [0.2, 0.25) is 5.91 Å². The number of benzene rings is 2. The molecule has 0 saturated heterocycles. The van der Waals surface area contributed by atoms with E-state index in [1.807, 2.05) is 56.3 Å². The molecule has 154 valence electrons. The summed E-state index contributed by atoms with van der Waals surface area (Å²) >= 11 is 0. The highest BCUT2D eigenvalue weighted by molar-refractivity contribution is 6.09. The quantitative estimate of drug-likeness (QED) is 0.734. The SMILES string of the molecule is CCNC(C)C(=O)N1c2ccccc2C=Cc2ccc(NC(=O)OCC)cc21.Cl. The maximum Gasteiger partial charge on any atom is 0.411 e. The van der Waals surface area contributed by atoms with Gasteiger partial charge in [0.1, 0.15) is 0 Å². The zero-order chi connectivity index (χ0) is 20.1. The van der Waals surface area contributed by atoms with Crippen molar-refractivity contribution in [3.8, 4) is 0 Å². The molecule has 0 aliphatic carbocycles. The van der Waals surface area contributed by atoms with E-state index >= 15 is 0 Å². The first-order valence-electron chi connectivity index (χ1n) is 9.47. The number of likely N-dealkylation sites (N-methyl/N-ethyl adjacent to an activating group) is 1. The van der Waals surface area contributed by atoms with E-state index in [1.165, 1.54) is 0 Å². The first-order chi connectivity index (χ1) is 13.5. The van der Waals surface area contributed by atoms with Crippen molar-refractivity contribution in [2.75, 3.05) is 23.4 Å². The summed E-state index contributed by atoms with van der Waals surface area (Å²) in [6.07, 6.45) is 3.46. The lowest BCUT2D eigenvalue weighted by atomic mass is 10.1. The third-order valence-electron chi connectivity index (χ3n) is 4.51. The van der Waals surface area contributed by atoms with Crippen molar-refractivity contribution in [3.63, 3.8) is 0 Å². The number of carbonyl (C=O) groups is 2. The summed E-state index contributed by atoms with van der Waals surface area (Å²) in [4.78, 5) is 26.9. The van der Waals surface area contributed by atoms with Crippen LogP contribution >= 0.6 is 12.4 Å². The van der Waals surface area contributed by atoms with Crippen molar-refractivity contribution in [2.45, 2.75) is 26.8 Å². The fraction of sp³-hybridized carbons (Fsp3) is 0.273. The van der Waals surface area contributed by atoms with E-state index in [1.54, 1.807) is 24.0 Å². The standard InChI is InChI=1S/C22H25N3O3.ClH/c1-4-23-15(3)21(26)25-19-9-7-6-8-16(19)10-11-17-12-13-18(14-20(17)25)24-22(27)28-5-2;/h6-15,23H,4-5H2,1-3H3,(H,24,27);1H. The Balaban J connectivity index is 0.00000300. The van der Waals surface area contributed by atoms with Crippen LogP contribution in [0.5, 0.6) is 0 Å². The summed E-state index contributed by atoms with van der Waals surface area (Å²) in [5.41, 5.74) is 3.93. The van der Waals surface area contributed by atoms with E-state index in [4.69, 9.17) is 4.74 Å². The molecule has 0 radical (unpaired) electrons. The van der Waals surface area contributed by atoms with Crippen molar-refractivity contribution < 1.29 is 14.3 Å². The molecule has 0 bridgehead atoms. The highest BCUT2D eigenvalue weighted by Gasteiger charge is 2.27. The Morgan fingerprint density at radius 3 is 2.41 bits per heavy atom. The lowest BCUT2D eigenvalue weighted by molar-refractivity contribution is -0.119. The molecule has 6 nitrogen and oxygen atoms in total. The second-order valence-electron chi connectivity index (χ2n) is 6.46. The summed E-state index contributed by atoms with van der Waals surface area (Å²) in [7, 11) is 0. The van der Waals surface area contributed by atoms with Crippen molar-refractivity contribution in [1.82, 2.24) is 5.32 Å². The van der Waals surface area contributed by atoms with E-state index < -0.39 is 6.09 Å². The molecule has 3 rings (SSSR count). The molecule has 1 unspecified atom stereocenters. The predicted octanol–water partition coefficient (Wildman–Crippen LogP) is 4.82. The van der Waals surface area contributed by atoms with Crippen LogP contribution in [0.1, 0.15) is 31.9 Å². The van der Waals surface area contributed by atoms with Crippen LogP contribution in [0.25, 0.3) is 12.2 Å². The topological polar surface area (TPSA) is 70.7 Å². The third-order valence-corrected chi connectivity index (χ3v) is 4.51. The van der Waals surface area contributed by atoms with Gasteiger partial charge >= 0.3 is 6.09 Å². The lowest BCUT2D eigenvalue weighted by Gasteiger charge is -2.28. The number of anilines is 3. The van der Waals surface area contributed by atoms with Crippen LogP contribution in [0.15, 0.2) is 42.5 Å². The number of rotatable bonds is 5. The van der Waals surface area contributed by atoms with Crippen molar-refractivity contribution in [3.05, 3.63) is 53.6 Å². The largest absolute Gasteiger partial charge is 0.450 e. The number of para-hydroxylation sites is 1. The van der Waals surface area contributed by atoms with Crippen LogP contribution in [0.2, 0.25) is 0 Å². The second-order valence-corrected chi connectivity index (χ2v) is 6.46. The van der Waals surface area contributed by atoms with Gasteiger partial charge < -0.3 is 10.1 Å². The molecule has 1 aliphatic heterocycles. The molecule has 2 aromatic rings. The Bertz CT molecular complexity index is 914. The molecule has 1 atom stereocenters. The minimum Gasteiger partial charge on any atom is -0.450 e. The van der Waals surface area contributed by atoms with Gasteiger partial charge in [0.15, 0.2) is 0 Å². The van der Waals surface area contributed by atoms with Gasteiger partial charge in [-0.2, -0.15) is 0 Å². The lowest BCUT2D eigenvalue weighted by Crippen LogP contribution is -2.43. The maximum absolute atomic E-state index is 13.3. The summed E-state index contributed by atoms with van der Waals surface area (Å²) in [5.74, 6) is -0.0625. The number of nitrogens with zero attached hydrogens (tertiary/aromatic N) is 1. The Kier molecular flexibility index (Phi) is 7.82. The van der Waals surface area contributed by atoms with Crippen LogP contribution < -0.4 is 15.5 Å². The monoisotopic (exact) mass is 415 g/mol. The van der Waals surface area contributed by atoms with E-state index in [0.29, 0.717) is 17.9 Å². The zero-order valence-corrected chi connectivity index (χ0v) is 17.6. The third kappa shape index (κ3) is 4.96. The smallest absolute Gasteiger partial charge is 0.411 e. The predicted molar refractivity (Wildman–Crippen MR) is 120 cm³/mol. The number of fused-ring (bicyclic) bond motifs is 2. The first-order valence-corrected chi connectivity index (χ1v) is 9.47. The number of ether oxygens (including phenoxy) is 1. The molecule has 0 fully saturated rings. The van der Waals surface area contributed by atoms with E-state index in [-0.39, 0.29) is 31.0 Å². The van der Waals surface area contributed by atoms with Crippen molar-refractivity contribution >= 4 is 53.6 Å². The van der Waals surface area contributed by atoms with Crippen LogP contribution in [-0.4, -0.2) is 31.2 Å². The van der Waals surface area contributed by atoms with Crippen LogP contribution in [-0.2, 0) is 9.53 Å². The highest BCUT2D eigenvalue weighted by atomic mass is 35.5. The average molecular weight is 416 g/mol. The van der Waals surface area contributed by atoms with Gasteiger partial charge in [0.05, 0.1) is 24.0 Å². The van der Waals surface area contributed by atoms with Crippen LogP contribution in [0.4, 0.5) is 21.9 Å². The van der Waals surface area contributed by atoms with Gasteiger partial charge in [-0.25, -0.2) is 4.79 Å². The molecular formula is C22H26ClN3O3. The summed E-state index contributed by atoms with van der Waals surface area (Å²) in [5, 5.41) is 5.90. The number of amides is 2. The minimum absolute atomic E-state index is 0. The molecule has 0 saturated carbocycles. The Morgan fingerprint density at radius 1 is 1.03 bits per heavy atom. The number of hydrogen-bond donors (Lipinski definition) is 2. The van der Waals surface area contributed by atoms with Crippen molar-refractivity contribution in [2.24, 2.45) is 0 Å². The van der Waals surface area contributed by atoms with Gasteiger partial charge in [-0.1, -0.05) is 43.3 Å². The normalized spacial score (nSPS) is 12.7. The van der Waals surface area contributed by atoms with Crippen LogP contribution in [0, 0.1) is 0 Å². The molecule has 7 heteroatoms. The summed E-state index contributed by atoms with van der Waals surface area (Å²) in [6, 6.07) is 12.9. The maximum atomic E-state index is 13.3. The zero-order valence-electron chi connectivity index (χ0n) is 16.8. The van der Waals surface area contributed by atoms with Crippen molar-refractivity contribution in [1.29, 1.82) is 0 Å². The van der Waals surface area contributed by atoms with Gasteiger partial charge in [-0.3, -0.25) is 15.0 Å².